The Morgan fingerprint density at radius 3 is 2.33 bits per heavy atom. The van der Waals surface area contributed by atoms with Gasteiger partial charge in [0.05, 0.1) is 0 Å². The van der Waals surface area contributed by atoms with Crippen molar-refractivity contribution in [2.75, 3.05) is 32.5 Å². The maximum Gasteiger partial charge on any atom is 0.255 e. The highest BCUT2D eigenvalue weighted by Gasteiger charge is 2.13. The van der Waals surface area contributed by atoms with Crippen molar-refractivity contribution in [3.05, 3.63) is 64.7 Å². The molecule has 5 nitrogen and oxygen atoms in total. The van der Waals surface area contributed by atoms with Gasteiger partial charge in [0.15, 0.2) is 0 Å². The minimum Gasteiger partial charge on any atom is -0.352 e. The Morgan fingerprint density at radius 1 is 1.00 bits per heavy atom. The lowest BCUT2D eigenvalue weighted by molar-refractivity contribution is 0.0952. The van der Waals surface area contributed by atoms with E-state index in [0.717, 1.165) is 36.2 Å². The lowest BCUT2D eigenvalue weighted by Gasteiger charge is -2.13. The molecule has 0 radical (unpaired) electrons. The van der Waals surface area contributed by atoms with E-state index < -0.39 is 0 Å². The molecule has 144 valence electrons. The molecule has 0 bridgehead atoms. The molecule has 2 aromatic carbocycles. The maximum absolute atomic E-state index is 12.7. The number of anilines is 1. The van der Waals surface area contributed by atoms with E-state index in [1.807, 2.05) is 39.2 Å². The molecular formula is C22H29N3O2. The van der Waals surface area contributed by atoms with Crippen LogP contribution in [0.1, 0.15) is 45.2 Å². The van der Waals surface area contributed by atoms with Crippen molar-refractivity contribution in [1.29, 1.82) is 0 Å². The summed E-state index contributed by atoms with van der Waals surface area (Å²) in [4.78, 5) is 27.1. The lowest BCUT2D eigenvalue weighted by Crippen LogP contribution is -2.27. The van der Waals surface area contributed by atoms with E-state index >= 15 is 0 Å². The number of para-hydroxylation sites is 1. The summed E-state index contributed by atoms with van der Waals surface area (Å²) < 4.78 is 0. The fraction of sp³-hybridized carbons (Fsp3) is 0.364. The zero-order valence-corrected chi connectivity index (χ0v) is 16.6. The monoisotopic (exact) mass is 367 g/mol. The van der Waals surface area contributed by atoms with Gasteiger partial charge in [-0.15, -0.1) is 0 Å². The Balaban J connectivity index is 2.06. The number of carbonyl (C=O) groups is 2. The molecule has 0 atom stereocenters. The Labute approximate surface area is 161 Å². The predicted molar refractivity (Wildman–Crippen MR) is 110 cm³/mol. The van der Waals surface area contributed by atoms with E-state index in [4.69, 9.17) is 0 Å². The number of amides is 2. The van der Waals surface area contributed by atoms with Gasteiger partial charge in [0.25, 0.3) is 11.8 Å². The van der Waals surface area contributed by atoms with Crippen molar-refractivity contribution in [3.8, 4) is 0 Å². The van der Waals surface area contributed by atoms with Crippen LogP contribution in [0.5, 0.6) is 0 Å². The van der Waals surface area contributed by atoms with Crippen LogP contribution < -0.4 is 10.6 Å². The molecule has 0 spiro atoms. The minimum atomic E-state index is -0.207. The lowest BCUT2D eigenvalue weighted by atomic mass is 10.0. The van der Waals surface area contributed by atoms with Gasteiger partial charge in [0.1, 0.15) is 0 Å². The third-order valence-electron chi connectivity index (χ3n) is 4.43. The van der Waals surface area contributed by atoms with Crippen molar-refractivity contribution >= 4 is 17.5 Å². The highest BCUT2D eigenvalue weighted by molar-refractivity contribution is 6.06. The Kier molecular flexibility index (Phi) is 7.55. The van der Waals surface area contributed by atoms with E-state index in [1.165, 1.54) is 0 Å². The van der Waals surface area contributed by atoms with Gasteiger partial charge in [0, 0.05) is 23.4 Å². The van der Waals surface area contributed by atoms with Crippen LogP contribution in [0.2, 0.25) is 0 Å². The second kappa shape index (κ2) is 9.88. The van der Waals surface area contributed by atoms with Crippen LogP contribution in [0.4, 0.5) is 5.69 Å². The first-order chi connectivity index (χ1) is 12.9. The topological polar surface area (TPSA) is 61.4 Å². The van der Waals surface area contributed by atoms with E-state index in [9.17, 15) is 9.59 Å². The molecule has 0 saturated heterocycles. The third-order valence-corrected chi connectivity index (χ3v) is 4.43. The SMILES string of the molecule is CCc1cccc(C)c1NC(=O)c1cccc(C(=O)NCCCN(C)C)c1. The van der Waals surface area contributed by atoms with Gasteiger partial charge in [-0.2, -0.15) is 0 Å². The summed E-state index contributed by atoms with van der Waals surface area (Å²) in [5.41, 5.74) is 3.94. The summed E-state index contributed by atoms with van der Waals surface area (Å²) in [7, 11) is 4.00. The zero-order valence-electron chi connectivity index (χ0n) is 16.6. The summed E-state index contributed by atoms with van der Waals surface area (Å²) >= 11 is 0. The van der Waals surface area contributed by atoms with Gasteiger partial charge in [-0.1, -0.05) is 31.2 Å². The second-order valence-corrected chi connectivity index (χ2v) is 6.91. The summed E-state index contributed by atoms with van der Waals surface area (Å²) in [6.45, 7) is 5.56. The summed E-state index contributed by atoms with van der Waals surface area (Å²) in [5.74, 6) is -0.366. The van der Waals surface area contributed by atoms with Gasteiger partial charge in [-0.05, 0) is 69.7 Å². The molecular weight excluding hydrogens is 338 g/mol. The molecule has 2 N–H and O–H groups in total. The molecule has 0 aromatic heterocycles. The second-order valence-electron chi connectivity index (χ2n) is 6.91. The molecule has 0 unspecified atom stereocenters. The van der Waals surface area contributed by atoms with E-state index in [-0.39, 0.29) is 11.8 Å². The number of carbonyl (C=O) groups excluding carboxylic acids is 2. The fourth-order valence-corrected chi connectivity index (χ4v) is 2.89. The molecule has 0 saturated carbocycles. The molecule has 0 aliphatic carbocycles. The van der Waals surface area contributed by atoms with Crippen molar-refractivity contribution in [1.82, 2.24) is 10.2 Å². The summed E-state index contributed by atoms with van der Waals surface area (Å²) in [5, 5.41) is 5.90. The van der Waals surface area contributed by atoms with Crippen molar-refractivity contribution in [2.45, 2.75) is 26.7 Å². The number of hydrogen-bond donors (Lipinski definition) is 2. The molecule has 2 aromatic rings. The molecule has 2 amide bonds. The van der Waals surface area contributed by atoms with Gasteiger partial charge in [-0.25, -0.2) is 0 Å². The first-order valence-electron chi connectivity index (χ1n) is 9.35. The fourth-order valence-electron chi connectivity index (χ4n) is 2.89. The van der Waals surface area contributed by atoms with Crippen molar-refractivity contribution in [3.63, 3.8) is 0 Å². The minimum absolute atomic E-state index is 0.159. The normalized spacial score (nSPS) is 10.7. The van der Waals surface area contributed by atoms with Crippen LogP contribution in [0.25, 0.3) is 0 Å². The summed E-state index contributed by atoms with van der Waals surface area (Å²) in [6, 6.07) is 12.8. The summed E-state index contributed by atoms with van der Waals surface area (Å²) in [6.07, 6.45) is 1.72. The molecule has 0 heterocycles. The largest absolute Gasteiger partial charge is 0.352 e. The number of hydrogen-bond acceptors (Lipinski definition) is 3. The number of aryl methyl sites for hydroxylation is 2. The van der Waals surface area contributed by atoms with Crippen molar-refractivity contribution < 1.29 is 9.59 Å². The van der Waals surface area contributed by atoms with Crippen LogP contribution in [0.15, 0.2) is 42.5 Å². The van der Waals surface area contributed by atoms with Gasteiger partial charge >= 0.3 is 0 Å². The quantitative estimate of drug-likeness (QED) is 0.702. The van der Waals surface area contributed by atoms with E-state index in [2.05, 4.69) is 22.5 Å². The molecule has 0 aliphatic rings. The Bertz CT molecular complexity index is 800. The van der Waals surface area contributed by atoms with Gasteiger partial charge in [0.2, 0.25) is 0 Å². The van der Waals surface area contributed by atoms with Crippen LogP contribution in [-0.2, 0) is 6.42 Å². The third kappa shape index (κ3) is 5.93. The average molecular weight is 367 g/mol. The van der Waals surface area contributed by atoms with Gasteiger partial charge < -0.3 is 15.5 Å². The van der Waals surface area contributed by atoms with E-state index in [0.29, 0.717) is 17.7 Å². The van der Waals surface area contributed by atoms with Gasteiger partial charge in [-0.3, -0.25) is 9.59 Å². The van der Waals surface area contributed by atoms with Crippen LogP contribution in [0.3, 0.4) is 0 Å². The van der Waals surface area contributed by atoms with Crippen LogP contribution in [-0.4, -0.2) is 43.9 Å². The first kappa shape index (κ1) is 20.6. The smallest absolute Gasteiger partial charge is 0.255 e. The highest BCUT2D eigenvalue weighted by Crippen LogP contribution is 2.22. The maximum atomic E-state index is 12.7. The average Bonchev–Trinajstić information content (AvgIpc) is 2.66. The molecule has 5 heteroatoms. The first-order valence-corrected chi connectivity index (χ1v) is 9.35. The standard InChI is InChI=1S/C22H29N3O2/c1-5-17-10-6-9-16(2)20(17)24-22(27)19-12-7-11-18(15-19)21(26)23-13-8-14-25(3)4/h6-7,9-12,15H,5,8,13-14H2,1-4H3,(H,23,26)(H,24,27). The molecule has 2 rings (SSSR count). The number of benzene rings is 2. The Morgan fingerprint density at radius 2 is 1.67 bits per heavy atom. The van der Waals surface area contributed by atoms with Crippen LogP contribution in [0, 0.1) is 6.92 Å². The van der Waals surface area contributed by atoms with Crippen molar-refractivity contribution in [2.24, 2.45) is 0 Å². The highest BCUT2D eigenvalue weighted by atomic mass is 16.2. The number of nitrogens with one attached hydrogen (secondary N) is 2. The number of nitrogens with zero attached hydrogens (tertiary/aromatic N) is 1. The predicted octanol–water partition coefficient (Wildman–Crippen LogP) is 3.49. The number of rotatable bonds is 8. The zero-order chi connectivity index (χ0) is 19.8. The van der Waals surface area contributed by atoms with E-state index in [1.54, 1.807) is 24.3 Å². The Hall–Kier alpha value is -2.66. The molecule has 0 aliphatic heterocycles. The molecule has 0 fully saturated rings. The molecule has 27 heavy (non-hydrogen) atoms. The van der Waals surface area contributed by atoms with Crippen LogP contribution >= 0.6 is 0 Å².